The number of nitrogens with zero attached hydrogens (tertiary/aromatic N) is 1. The van der Waals surface area contributed by atoms with Crippen molar-refractivity contribution < 1.29 is 32.7 Å². The highest BCUT2D eigenvalue weighted by molar-refractivity contribution is 6.36. The van der Waals surface area contributed by atoms with Crippen molar-refractivity contribution in [3.63, 3.8) is 0 Å². The summed E-state index contributed by atoms with van der Waals surface area (Å²) in [6, 6.07) is 23.0. The smallest absolute Gasteiger partial charge is 0.475 e. The third kappa shape index (κ3) is 8.80. The number of carbonyl (C=O) groups is 3. The van der Waals surface area contributed by atoms with Crippen molar-refractivity contribution in [1.29, 1.82) is 0 Å². The van der Waals surface area contributed by atoms with Gasteiger partial charge in [-0.2, -0.15) is 13.2 Å². The third-order valence-corrected chi connectivity index (χ3v) is 9.77. The van der Waals surface area contributed by atoms with Crippen LogP contribution in [0.25, 0.3) is 0 Å². The highest BCUT2D eigenvalue weighted by Gasteiger charge is 2.38. The number of nitrogen functional groups attached to an aromatic ring is 1. The van der Waals surface area contributed by atoms with Crippen LogP contribution in [0.2, 0.25) is 20.1 Å². The van der Waals surface area contributed by atoms with Gasteiger partial charge >= 0.3 is 12.1 Å². The molecule has 5 N–H and O–H groups in total. The van der Waals surface area contributed by atoms with Crippen LogP contribution < -0.4 is 21.3 Å². The molecule has 0 aliphatic carbocycles. The van der Waals surface area contributed by atoms with E-state index in [1.54, 1.807) is 12.1 Å². The molecule has 0 radical (unpaired) electrons. The number of nitrogens with two attached hydrogens (primary N) is 1. The van der Waals surface area contributed by atoms with Gasteiger partial charge < -0.3 is 21.5 Å². The first-order chi connectivity index (χ1) is 24.2. The van der Waals surface area contributed by atoms with Crippen LogP contribution in [0.1, 0.15) is 58.1 Å². The number of benzene rings is 4. The van der Waals surface area contributed by atoms with Crippen molar-refractivity contribution in [2.75, 3.05) is 23.7 Å². The predicted molar refractivity (Wildman–Crippen MR) is 193 cm³/mol. The van der Waals surface area contributed by atoms with Gasteiger partial charge in [-0.3, -0.25) is 14.5 Å². The first kappa shape index (κ1) is 38.4. The van der Waals surface area contributed by atoms with Crippen LogP contribution in [-0.2, 0) is 27.5 Å². The fourth-order valence-corrected chi connectivity index (χ4v) is 7.51. The van der Waals surface area contributed by atoms with Crippen LogP contribution in [0.15, 0.2) is 72.8 Å². The van der Waals surface area contributed by atoms with Gasteiger partial charge in [-0.05, 0) is 69.8 Å². The van der Waals surface area contributed by atoms with Crippen molar-refractivity contribution >= 4 is 75.6 Å². The Hall–Kier alpha value is -3.84. The van der Waals surface area contributed by atoms with E-state index in [0.717, 1.165) is 46.6 Å². The number of amides is 2. The van der Waals surface area contributed by atoms with Gasteiger partial charge in [-0.15, -0.1) is 0 Å². The first-order valence-corrected chi connectivity index (χ1v) is 17.1. The molecule has 15 heteroatoms. The summed E-state index contributed by atoms with van der Waals surface area (Å²) >= 11 is 25.0. The van der Waals surface area contributed by atoms with Crippen LogP contribution in [0.3, 0.4) is 0 Å². The van der Waals surface area contributed by atoms with E-state index < -0.39 is 12.1 Å². The van der Waals surface area contributed by atoms with Crippen molar-refractivity contribution in [1.82, 2.24) is 10.6 Å². The SMILES string of the molecule is Nc1ccccc1[C@@H]1CNCc2c(Cl)cc(Cl)cc21.O=C(O)C(F)(F)F.O=C1CCC(=O)N1c1ccccc1[C@@H]1CNCc2c(Cl)cc(Cl)cc21. The van der Waals surface area contributed by atoms with Gasteiger partial charge in [0, 0.05) is 76.6 Å². The first-order valence-electron chi connectivity index (χ1n) is 15.6. The normalized spacial score (nSPS) is 18.1. The molecule has 0 aromatic heterocycles. The minimum absolute atomic E-state index is 0.0302. The van der Waals surface area contributed by atoms with Crippen LogP contribution in [0.5, 0.6) is 0 Å². The molecular formula is C36H31Cl4F3N4O4. The van der Waals surface area contributed by atoms with Crippen LogP contribution in [0, 0.1) is 0 Å². The van der Waals surface area contributed by atoms with Crippen molar-refractivity contribution in [3.05, 3.63) is 126 Å². The predicted octanol–water partition coefficient (Wildman–Crippen LogP) is 8.33. The van der Waals surface area contributed by atoms with Gasteiger partial charge in [0.15, 0.2) is 0 Å². The summed E-state index contributed by atoms with van der Waals surface area (Å²) in [5, 5.41) is 16.5. The summed E-state index contributed by atoms with van der Waals surface area (Å²) in [6.07, 6.45) is -4.55. The monoisotopic (exact) mass is 780 g/mol. The number of fused-ring (bicyclic) bond motifs is 2. The van der Waals surface area contributed by atoms with Gasteiger partial charge in [0.05, 0.1) is 5.69 Å². The molecule has 2 atom stereocenters. The summed E-state index contributed by atoms with van der Waals surface area (Å²) in [7, 11) is 0. The number of carbonyl (C=O) groups excluding carboxylic acids is 2. The molecule has 2 amide bonds. The molecule has 4 aromatic rings. The Balaban J connectivity index is 0.000000171. The summed E-state index contributed by atoms with van der Waals surface area (Å²) in [5.41, 5.74) is 13.9. The van der Waals surface area contributed by atoms with E-state index in [0.29, 0.717) is 38.9 Å². The van der Waals surface area contributed by atoms with Crippen molar-refractivity contribution in [3.8, 4) is 0 Å². The number of hydrogen-bond donors (Lipinski definition) is 4. The summed E-state index contributed by atoms with van der Waals surface area (Å²) in [5.74, 6) is -2.89. The zero-order chi connectivity index (χ0) is 37.0. The summed E-state index contributed by atoms with van der Waals surface area (Å²) < 4.78 is 31.7. The molecule has 51 heavy (non-hydrogen) atoms. The zero-order valence-electron chi connectivity index (χ0n) is 26.7. The lowest BCUT2D eigenvalue weighted by Gasteiger charge is -2.30. The van der Waals surface area contributed by atoms with Gasteiger partial charge in [-0.25, -0.2) is 4.79 Å². The molecule has 0 bridgehead atoms. The highest BCUT2D eigenvalue weighted by Crippen LogP contribution is 2.41. The molecule has 3 aliphatic heterocycles. The second-order valence-electron chi connectivity index (χ2n) is 11.9. The number of imide groups is 1. The summed E-state index contributed by atoms with van der Waals surface area (Å²) in [4.78, 5) is 34.7. The Morgan fingerprint density at radius 3 is 1.63 bits per heavy atom. The Bertz CT molecular complexity index is 1960. The quantitative estimate of drug-likeness (QED) is 0.122. The standard InChI is InChI=1S/C19H16Cl2N2O2.C15H14Cl2N2.C2HF3O2/c20-11-7-13-14(9-22-10-15(13)16(21)8-11)12-3-1-2-4-17(12)23-18(24)5-6-19(23)25;16-9-5-11-12(10-3-1-2-4-15(10)18)7-19-8-13(11)14(17)6-9;3-2(4,5)1(6)7/h1-4,7-8,14,22H,5-6,9-10H2;1-6,12,19H,7-8,18H2;(H,6,7)/t14-;12-;/m00./s1. The Kier molecular flexibility index (Phi) is 12.2. The molecule has 8 nitrogen and oxygen atoms in total. The molecule has 3 aliphatic rings. The molecule has 1 saturated heterocycles. The second kappa shape index (κ2) is 16.2. The Morgan fingerprint density at radius 2 is 1.16 bits per heavy atom. The van der Waals surface area contributed by atoms with E-state index in [-0.39, 0.29) is 36.5 Å². The molecule has 3 heterocycles. The van der Waals surface area contributed by atoms with Crippen LogP contribution >= 0.6 is 46.4 Å². The fourth-order valence-electron chi connectivity index (χ4n) is 6.36. The van der Waals surface area contributed by atoms with Gasteiger partial charge in [0.25, 0.3) is 0 Å². The number of rotatable bonds is 3. The Labute approximate surface area is 311 Å². The summed E-state index contributed by atoms with van der Waals surface area (Å²) in [6.45, 7) is 2.98. The third-order valence-electron chi connectivity index (χ3n) is 8.66. The lowest BCUT2D eigenvalue weighted by molar-refractivity contribution is -0.192. The highest BCUT2D eigenvalue weighted by atomic mass is 35.5. The van der Waals surface area contributed by atoms with Gasteiger partial charge in [-0.1, -0.05) is 82.8 Å². The molecule has 1 fully saturated rings. The number of alkyl halides is 3. The minimum atomic E-state index is -5.08. The molecule has 268 valence electrons. The largest absolute Gasteiger partial charge is 0.490 e. The average Bonchev–Trinajstić information content (AvgIpc) is 3.41. The number of anilines is 2. The lowest BCUT2D eigenvalue weighted by atomic mass is 9.84. The number of hydrogen-bond acceptors (Lipinski definition) is 6. The number of carboxylic acid groups (broad SMARTS) is 1. The van der Waals surface area contributed by atoms with E-state index in [2.05, 4.69) is 16.7 Å². The van der Waals surface area contributed by atoms with E-state index in [1.807, 2.05) is 54.6 Å². The molecule has 0 spiro atoms. The molecule has 0 unspecified atom stereocenters. The lowest BCUT2D eigenvalue weighted by Crippen LogP contribution is -2.33. The molecule has 0 saturated carbocycles. The van der Waals surface area contributed by atoms with E-state index in [4.69, 9.17) is 62.0 Å². The van der Waals surface area contributed by atoms with Crippen LogP contribution in [0.4, 0.5) is 24.5 Å². The number of aliphatic carboxylic acids is 1. The van der Waals surface area contributed by atoms with E-state index in [1.165, 1.54) is 10.5 Å². The maximum atomic E-state index is 12.2. The number of para-hydroxylation sites is 2. The maximum Gasteiger partial charge on any atom is 0.490 e. The van der Waals surface area contributed by atoms with Crippen molar-refractivity contribution in [2.24, 2.45) is 0 Å². The molecule has 7 rings (SSSR count). The van der Waals surface area contributed by atoms with Gasteiger partial charge in [0.2, 0.25) is 11.8 Å². The average molecular weight is 782 g/mol. The van der Waals surface area contributed by atoms with Crippen LogP contribution in [-0.4, -0.2) is 42.2 Å². The Morgan fingerprint density at radius 1 is 0.725 bits per heavy atom. The zero-order valence-corrected chi connectivity index (χ0v) is 29.7. The molecular weight excluding hydrogens is 751 g/mol. The number of halogens is 7. The fraction of sp³-hybridized carbons (Fsp3) is 0.250. The molecule has 4 aromatic carbocycles. The maximum absolute atomic E-state index is 12.2. The topological polar surface area (TPSA) is 125 Å². The van der Waals surface area contributed by atoms with E-state index >= 15 is 0 Å². The van der Waals surface area contributed by atoms with Gasteiger partial charge in [0.1, 0.15) is 0 Å². The number of nitrogens with one attached hydrogen (secondary N) is 2. The van der Waals surface area contributed by atoms with E-state index in [9.17, 15) is 22.8 Å². The number of carboxylic acids is 1. The minimum Gasteiger partial charge on any atom is -0.475 e. The van der Waals surface area contributed by atoms with Crippen molar-refractivity contribution in [2.45, 2.75) is 43.9 Å². The second-order valence-corrected chi connectivity index (χ2v) is 13.6.